The zero-order valence-electron chi connectivity index (χ0n) is 15.5. The summed E-state index contributed by atoms with van der Waals surface area (Å²) in [6.45, 7) is 2.67. The van der Waals surface area contributed by atoms with Crippen molar-refractivity contribution in [2.24, 2.45) is 0 Å². The number of halogens is 1. The zero-order valence-corrected chi connectivity index (χ0v) is 17.1. The van der Waals surface area contributed by atoms with Gasteiger partial charge in [0.05, 0.1) is 11.5 Å². The molecule has 2 aromatic carbocycles. The summed E-state index contributed by atoms with van der Waals surface area (Å²) in [6, 6.07) is 12.9. The summed E-state index contributed by atoms with van der Waals surface area (Å²) in [5, 5.41) is 2.92. The van der Waals surface area contributed by atoms with Crippen LogP contribution >= 0.6 is 11.6 Å². The van der Waals surface area contributed by atoms with Gasteiger partial charge in [-0.25, -0.2) is 13.1 Å². The molecule has 0 aliphatic carbocycles. The average Bonchev–Trinajstić information content (AvgIpc) is 2.69. The van der Waals surface area contributed by atoms with Gasteiger partial charge < -0.3 is 14.8 Å². The number of ether oxygens (including phenoxy) is 2. The Bertz CT molecular complexity index is 872. The SMILES string of the molecule is CCCOc1ccc(OCC(=O)NCCNS(=O)(=O)c2cccc(Cl)c2)cc1. The van der Waals surface area contributed by atoms with E-state index in [1.54, 1.807) is 36.4 Å². The molecule has 0 spiro atoms. The van der Waals surface area contributed by atoms with E-state index in [2.05, 4.69) is 10.0 Å². The Kier molecular flexibility index (Phi) is 8.56. The molecule has 0 saturated carbocycles. The molecule has 1 amide bonds. The van der Waals surface area contributed by atoms with E-state index in [1.807, 2.05) is 6.92 Å². The fourth-order valence-electron chi connectivity index (χ4n) is 2.16. The number of carbonyl (C=O) groups excluding carboxylic acids is 1. The van der Waals surface area contributed by atoms with Crippen LogP contribution in [0, 0.1) is 0 Å². The highest BCUT2D eigenvalue weighted by Crippen LogP contribution is 2.17. The first-order valence-corrected chi connectivity index (χ1v) is 10.6. The van der Waals surface area contributed by atoms with Crippen LogP contribution in [0.2, 0.25) is 5.02 Å². The highest BCUT2D eigenvalue weighted by Gasteiger charge is 2.13. The van der Waals surface area contributed by atoms with Gasteiger partial charge >= 0.3 is 0 Å². The molecule has 2 rings (SSSR count). The van der Waals surface area contributed by atoms with E-state index < -0.39 is 10.0 Å². The van der Waals surface area contributed by atoms with Crippen molar-refractivity contribution in [2.75, 3.05) is 26.3 Å². The van der Waals surface area contributed by atoms with Crippen molar-refractivity contribution in [2.45, 2.75) is 18.2 Å². The molecule has 152 valence electrons. The summed E-state index contributed by atoms with van der Waals surface area (Å²) in [7, 11) is -3.68. The third-order valence-corrected chi connectivity index (χ3v) is 5.21. The minimum absolute atomic E-state index is 0.0457. The number of sulfonamides is 1. The molecule has 0 aromatic heterocycles. The Morgan fingerprint density at radius 1 is 1.04 bits per heavy atom. The van der Waals surface area contributed by atoms with E-state index in [4.69, 9.17) is 21.1 Å². The topological polar surface area (TPSA) is 93.7 Å². The highest BCUT2D eigenvalue weighted by molar-refractivity contribution is 7.89. The van der Waals surface area contributed by atoms with Crippen LogP contribution in [0.3, 0.4) is 0 Å². The van der Waals surface area contributed by atoms with Crippen molar-refractivity contribution in [1.82, 2.24) is 10.0 Å². The lowest BCUT2D eigenvalue weighted by Gasteiger charge is -2.10. The van der Waals surface area contributed by atoms with Crippen LogP contribution in [0.25, 0.3) is 0 Å². The molecule has 0 bridgehead atoms. The van der Waals surface area contributed by atoms with Crippen molar-refractivity contribution >= 4 is 27.5 Å². The molecule has 2 aromatic rings. The van der Waals surface area contributed by atoms with E-state index >= 15 is 0 Å². The fraction of sp³-hybridized carbons (Fsp3) is 0.316. The van der Waals surface area contributed by atoms with E-state index in [0.717, 1.165) is 12.2 Å². The molecular formula is C19H23ClN2O5S. The first-order chi connectivity index (χ1) is 13.4. The van der Waals surface area contributed by atoms with Crippen molar-refractivity contribution in [3.05, 3.63) is 53.6 Å². The maximum absolute atomic E-state index is 12.1. The van der Waals surface area contributed by atoms with Crippen LogP contribution in [0.5, 0.6) is 11.5 Å². The molecule has 0 saturated heterocycles. The van der Waals surface area contributed by atoms with Gasteiger partial charge in [-0.15, -0.1) is 0 Å². The predicted molar refractivity (Wildman–Crippen MR) is 107 cm³/mol. The number of rotatable bonds is 11. The molecule has 0 heterocycles. The molecule has 0 fully saturated rings. The monoisotopic (exact) mass is 426 g/mol. The maximum atomic E-state index is 12.1. The normalized spacial score (nSPS) is 11.1. The van der Waals surface area contributed by atoms with Crippen molar-refractivity contribution < 1.29 is 22.7 Å². The number of nitrogens with one attached hydrogen (secondary N) is 2. The summed E-state index contributed by atoms with van der Waals surface area (Å²) in [6.07, 6.45) is 0.924. The quantitative estimate of drug-likeness (QED) is 0.539. The summed E-state index contributed by atoms with van der Waals surface area (Å²) in [5.41, 5.74) is 0. The standard InChI is InChI=1S/C19H23ClN2O5S/c1-2-12-26-16-6-8-17(9-7-16)27-14-19(23)21-10-11-22-28(24,25)18-5-3-4-15(20)13-18/h3-9,13,22H,2,10-12,14H2,1H3,(H,21,23). The van der Waals surface area contributed by atoms with Gasteiger partial charge in [-0.2, -0.15) is 0 Å². The van der Waals surface area contributed by atoms with E-state index in [1.165, 1.54) is 12.1 Å². The smallest absolute Gasteiger partial charge is 0.257 e. The predicted octanol–water partition coefficient (Wildman–Crippen LogP) is 2.60. The molecule has 7 nitrogen and oxygen atoms in total. The van der Waals surface area contributed by atoms with Gasteiger partial charge in [-0.3, -0.25) is 4.79 Å². The number of amides is 1. The lowest BCUT2D eigenvalue weighted by Crippen LogP contribution is -2.36. The highest BCUT2D eigenvalue weighted by atomic mass is 35.5. The molecule has 0 aliphatic heterocycles. The summed E-state index contributed by atoms with van der Waals surface area (Å²) in [5.74, 6) is 0.930. The minimum Gasteiger partial charge on any atom is -0.494 e. The van der Waals surface area contributed by atoms with Crippen LogP contribution in [0.1, 0.15) is 13.3 Å². The molecule has 0 atom stereocenters. The Labute approximate surface area is 170 Å². The molecule has 0 aliphatic rings. The Balaban J connectivity index is 1.68. The average molecular weight is 427 g/mol. The first kappa shape index (κ1) is 22.0. The molecule has 2 N–H and O–H groups in total. The van der Waals surface area contributed by atoms with Crippen LogP contribution < -0.4 is 19.5 Å². The molecule has 0 radical (unpaired) electrons. The lowest BCUT2D eigenvalue weighted by atomic mass is 10.3. The summed E-state index contributed by atoms with van der Waals surface area (Å²) in [4.78, 5) is 11.9. The Hall–Kier alpha value is -2.29. The van der Waals surface area contributed by atoms with Crippen molar-refractivity contribution in [1.29, 1.82) is 0 Å². The van der Waals surface area contributed by atoms with Gasteiger partial charge in [0, 0.05) is 18.1 Å². The van der Waals surface area contributed by atoms with Crippen LogP contribution in [-0.4, -0.2) is 40.6 Å². The van der Waals surface area contributed by atoms with Crippen LogP contribution in [-0.2, 0) is 14.8 Å². The Morgan fingerprint density at radius 3 is 2.36 bits per heavy atom. The van der Waals surface area contributed by atoms with Crippen molar-refractivity contribution in [3.63, 3.8) is 0 Å². The van der Waals surface area contributed by atoms with Gasteiger partial charge in [0.1, 0.15) is 11.5 Å². The number of hydrogen-bond donors (Lipinski definition) is 2. The maximum Gasteiger partial charge on any atom is 0.257 e. The van der Waals surface area contributed by atoms with E-state index in [-0.39, 0.29) is 30.5 Å². The van der Waals surface area contributed by atoms with Gasteiger partial charge in [0.15, 0.2) is 6.61 Å². The summed E-state index contributed by atoms with van der Waals surface area (Å²) >= 11 is 5.80. The van der Waals surface area contributed by atoms with Gasteiger partial charge in [-0.1, -0.05) is 24.6 Å². The van der Waals surface area contributed by atoms with Gasteiger partial charge in [0.2, 0.25) is 10.0 Å². The number of benzene rings is 2. The third-order valence-electron chi connectivity index (χ3n) is 3.51. The third kappa shape index (κ3) is 7.38. The second-order valence-corrected chi connectivity index (χ2v) is 8.02. The first-order valence-electron chi connectivity index (χ1n) is 8.78. The number of carbonyl (C=O) groups is 1. The second kappa shape index (κ2) is 10.9. The molecular weight excluding hydrogens is 404 g/mol. The second-order valence-electron chi connectivity index (χ2n) is 5.81. The molecule has 9 heteroatoms. The lowest BCUT2D eigenvalue weighted by molar-refractivity contribution is -0.123. The minimum atomic E-state index is -3.68. The largest absolute Gasteiger partial charge is 0.494 e. The van der Waals surface area contributed by atoms with Crippen LogP contribution in [0.15, 0.2) is 53.4 Å². The molecule has 0 unspecified atom stereocenters. The summed E-state index contributed by atoms with van der Waals surface area (Å²) < 4.78 is 37.5. The van der Waals surface area contributed by atoms with Gasteiger partial charge in [-0.05, 0) is 48.9 Å². The van der Waals surface area contributed by atoms with E-state index in [9.17, 15) is 13.2 Å². The number of hydrogen-bond acceptors (Lipinski definition) is 5. The van der Waals surface area contributed by atoms with Crippen LogP contribution in [0.4, 0.5) is 0 Å². The Morgan fingerprint density at radius 2 is 1.71 bits per heavy atom. The fourth-order valence-corrected chi connectivity index (χ4v) is 3.49. The van der Waals surface area contributed by atoms with Gasteiger partial charge in [0.25, 0.3) is 5.91 Å². The van der Waals surface area contributed by atoms with E-state index in [0.29, 0.717) is 17.4 Å². The van der Waals surface area contributed by atoms with Crippen molar-refractivity contribution in [3.8, 4) is 11.5 Å². The molecule has 28 heavy (non-hydrogen) atoms. The zero-order chi connectivity index (χ0) is 20.4.